The number of hydrogen-bond donors (Lipinski definition) is 1. The van der Waals surface area contributed by atoms with Crippen LogP contribution in [0.4, 0.5) is 0 Å². The Morgan fingerprint density at radius 2 is 2.04 bits per heavy atom. The highest BCUT2D eigenvalue weighted by atomic mass is 16.5. The van der Waals surface area contributed by atoms with Gasteiger partial charge in [-0.25, -0.2) is 0 Å². The second-order valence-electron chi connectivity index (χ2n) is 6.27. The van der Waals surface area contributed by atoms with Crippen LogP contribution in [0.15, 0.2) is 24.3 Å². The maximum absolute atomic E-state index is 11.9. The number of piperazine rings is 1. The second-order valence-corrected chi connectivity index (χ2v) is 6.27. The van der Waals surface area contributed by atoms with Crippen molar-refractivity contribution in [3.05, 3.63) is 29.8 Å². The van der Waals surface area contributed by atoms with Gasteiger partial charge in [0.05, 0.1) is 13.7 Å². The Hall–Kier alpha value is -1.63. The van der Waals surface area contributed by atoms with E-state index in [9.17, 15) is 4.79 Å². The van der Waals surface area contributed by atoms with Crippen LogP contribution >= 0.6 is 0 Å². The van der Waals surface area contributed by atoms with Crippen LogP contribution in [0.1, 0.15) is 12.0 Å². The minimum atomic E-state index is -0.601. The van der Waals surface area contributed by atoms with Crippen molar-refractivity contribution in [3.8, 4) is 5.75 Å². The average molecular weight is 319 g/mol. The first-order valence-electron chi connectivity index (χ1n) is 8.13. The van der Waals surface area contributed by atoms with Gasteiger partial charge in [0, 0.05) is 51.3 Å². The summed E-state index contributed by atoms with van der Waals surface area (Å²) >= 11 is 0. The van der Waals surface area contributed by atoms with Crippen LogP contribution in [-0.4, -0.2) is 67.7 Å². The zero-order valence-corrected chi connectivity index (χ0v) is 13.7. The molecule has 1 aromatic rings. The summed E-state index contributed by atoms with van der Waals surface area (Å²) in [6.07, 6.45) is 0.703. The summed E-state index contributed by atoms with van der Waals surface area (Å²) in [6.45, 7) is 5.39. The normalized spacial score (nSPS) is 26.3. The molecule has 2 aliphatic rings. The number of amides is 1. The fourth-order valence-corrected chi connectivity index (χ4v) is 3.56. The van der Waals surface area contributed by atoms with Crippen LogP contribution in [0.25, 0.3) is 0 Å². The van der Waals surface area contributed by atoms with E-state index in [0.29, 0.717) is 19.6 Å². The molecule has 0 aliphatic carbocycles. The van der Waals surface area contributed by atoms with Crippen LogP contribution in [-0.2, 0) is 16.1 Å². The molecular weight excluding hydrogens is 294 g/mol. The molecule has 0 radical (unpaired) electrons. The minimum Gasteiger partial charge on any atom is -0.496 e. The number of hydrogen-bond acceptors (Lipinski definition) is 5. The SMILES string of the molecule is COc1ccccc1CN1CCN(C2(C(N)=O)CCOC2)CC1. The Bertz CT molecular complexity index is 550. The molecule has 126 valence electrons. The molecule has 3 rings (SSSR count). The van der Waals surface area contributed by atoms with Gasteiger partial charge in [-0.3, -0.25) is 14.6 Å². The number of nitrogens with two attached hydrogens (primary N) is 1. The first-order valence-corrected chi connectivity index (χ1v) is 8.13. The Morgan fingerprint density at radius 3 is 2.65 bits per heavy atom. The maximum Gasteiger partial charge on any atom is 0.240 e. The third-order valence-electron chi connectivity index (χ3n) is 5.02. The summed E-state index contributed by atoms with van der Waals surface area (Å²) in [6, 6.07) is 8.10. The Kier molecular flexibility index (Phi) is 4.84. The van der Waals surface area contributed by atoms with Gasteiger partial charge in [0.2, 0.25) is 5.91 Å². The fraction of sp³-hybridized carbons (Fsp3) is 0.588. The molecule has 2 saturated heterocycles. The summed E-state index contributed by atoms with van der Waals surface area (Å²) < 4.78 is 10.9. The lowest BCUT2D eigenvalue weighted by atomic mass is 9.94. The first kappa shape index (κ1) is 16.2. The highest BCUT2D eigenvalue weighted by Gasteiger charge is 2.46. The number of rotatable bonds is 5. The predicted octanol–water partition coefficient (Wildman–Crippen LogP) is 0.457. The van der Waals surface area contributed by atoms with Crippen LogP contribution < -0.4 is 10.5 Å². The zero-order chi connectivity index (χ0) is 16.3. The quantitative estimate of drug-likeness (QED) is 0.854. The predicted molar refractivity (Wildman–Crippen MR) is 87.2 cm³/mol. The molecule has 2 N–H and O–H groups in total. The number of methoxy groups -OCH3 is 1. The van der Waals surface area contributed by atoms with E-state index in [1.807, 2.05) is 18.2 Å². The third-order valence-corrected chi connectivity index (χ3v) is 5.02. The molecule has 2 fully saturated rings. The van der Waals surface area contributed by atoms with E-state index in [-0.39, 0.29) is 5.91 Å². The Balaban J connectivity index is 1.61. The van der Waals surface area contributed by atoms with Gasteiger partial charge in [-0.05, 0) is 6.07 Å². The summed E-state index contributed by atoms with van der Waals surface area (Å²) in [4.78, 5) is 16.5. The van der Waals surface area contributed by atoms with Crippen molar-refractivity contribution in [2.75, 3.05) is 46.5 Å². The highest BCUT2D eigenvalue weighted by molar-refractivity contribution is 5.85. The standard InChI is InChI=1S/C17H25N3O3/c1-22-15-5-3-2-4-14(15)12-19-7-9-20(10-8-19)17(16(18)21)6-11-23-13-17/h2-5H,6-13H2,1H3,(H2,18,21). The Labute approximate surface area is 137 Å². The number of benzene rings is 1. The summed E-state index contributed by atoms with van der Waals surface area (Å²) in [5, 5.41) is 0. The molecule has 0 spiro atoms. The van der Waals surface area contributed by atoms with Crippen molar-refractivity contribution in [1.82, 2.24) is 9.80 Å². The van der Waals surface area contributed by atoms with Crippen LogP contribution in [0.3, 0.4) is 0 Å². The molecule has 1 aromatic carbocycles. The molecule has 23 heavy (non-hydrogen) atoms. The summed E-state index contributed by atoms with van der Waals surface area (Å²) in [5.74, 6) is 0.668. The molecule has 0 aromatic heterocycles. The van der Waals surface area contributed by atoms with Crippen molar-refractivity contribution >= 4 is 5.91 Å². The lowest BCUT2D eigenvalue weighted by Crippen LogP contribution is -2.63. The molecule has 0 saturated carbocycles. The van der Waals surface area contributed by atoms with Gasteiger partial charge in [-0.1, -0.05) is 18.2 Å². The number of para-hydroxylation sites is 1. The van der Waals surface area contributed by atoms with Crippen molar-refractivity contribution in [2.45, 2.75) is 18.5 Å². The fourth-order valence-electron chi connectivity index (χ4n) is 3.56. The van der Waals surface area contributed by atoms with E-state index < -0.39 is 5.54 Å². The van der Waals surface area contributed by atoms with Gasteiger partial charge in [-0.2, -0.15) is 0 Å². The number of ether oxygens (including phenoxy) is 2. The molecule has 1 atom stereocenters. The largest absolute Gasteiger partial charge is 0.496 e. The number of primary amides is 1. The number of nitrogens with zero attached hydrogens (tertiary/aromatic N) is 2. The molecule has 0 bridgehead atoms. The van der Waals surface area contributed by atoms with Crippen LogP contribution in [0.5, 0.6) is 5.75 Å². The third kappa shape index (κ3) is 3.20. The van der Waals surface area contributed by atoms with E-state index >= 15 is 0 Å². The van der Waals surface area contributed by atoms with E-state index in [4.69, 9.17) is 15.2 Å². The van der Waals surface area contributed by atoms with E-state index in [1.165, 1.54) is 5.56 Å². The van der Waals surface area contributed by atoms with Gasteiger partial charge >= 0.3 is 0 Å². The van der Waals surface area contributed by atoms with Gasteiger partial charge < -0.3 is 15.2 Å². The Morgan fingerprint density at radius 1 is 1.30 bits per heavy atom. The topological polar surface area (TPSA) is 68.0 Å². The average Bonchev–Trinajstić information content (AvgIpc) is 3.07. The van der Waals surface area contributed by atoms with Gasteiger partial charge in [0.15, 0.2) is 0 Å². The summed E-state index contributed by atoms with van der Waals surface area (Å²) in [7, 11) is 1.70. The highest BCUT2D eigenvalue weighted by Crippen LogP contribution is 2.28. The van der Waals surface area contributed by atoms with E-state index in [1.54, 1.807) is 7.11 Å². The zero-order valence-electron chi connectivity index (χ0n) is 13.7. The van der Waals surface area contributed by atoms with E-state index in [2.05, 4.69) is 15.9 Å². The monoisotopic (exact) mass is 319 g/mol. The van der Waals surface area contributed by atoms with Gasteiger partial charge in [0.1, 0.15) is 11.3 Å². The lowest BCUT2D eigenvalue weighted by Gasteiger charge is -2.43. The smallest absolute Gasteiger partial charge is 0.240 e. The van der Waals surface area contributed by atoms with Crippen molar-refractivity contribution in [3.63, 3.8) is 0 Å². The van der Waals surface area contributed by atoms with Crippen molar-refractivity contribution in [1.29, 1.82) is 0 Å². The second kappa shape index (κ2) is 6.86. The van der Waals surface area contributed by atoms with Crippen molar-refractivity contribution in [2.24, 2.45) is 5.73 Å². The van der Waals surface area contributed by atoms with Gasteiger partial charge in [-0.15, -0.1) is 0 Å². The number of carbonyl (C=O) groups is 1. The van der Waals surface area contributed by atoms with Gasteiger partial charge in [0.25, 0.3) is 0 Å². The lowest BCUT2D eigenvalue weighted by molar-refractivity contribution is -0.132. The maximum atomic E-state index is 11.9. The molecule has 2 heterocycles. The van der Waals surface area contributed by atoms with Crippen molar-refractivity contribution < 1.29 is 14.3 Å². The molecule has 1 amide bonds. The van der Waals surface area contributed by atoms with Crippen LogP contribution in [0.2, 0.25) is 0 Å². The molecular formula is C17H25N3O3. The molecule has 1 unspecified atom stereocenters. The molecule has 6 heteroatoms. The molecule has 6 nitrogen and oxygen atoms in total. The minimum absolute atomic E-state index is 0.256. The molecule has 2 aliphatic heterocycles. The van der Waals surface area contributed by atoms with Crippen LogP contribution in [0, 0.1) is 0 Å². The first-order chi connectivity index (χ1) is 11.2. The summed E-state index contributed by atoms with van der Waals surface area (Å²) in [5.41, 5.74) is 6.26. The van der Waals surface area contributed by atoms with E-state index in [0.717, 1.165) is 38.5 Å². The number of carbonyl (C=O) groups excluding carboxylic acids is 1.